The Bertz CT molecular complexity index is 391. The number of anilines is 2. The fourth-order valence-corrected chi connectivity index (χ4v) is 3.43. The van der Waals surface area contributed by atoms with E-state index in [2.05, 4.69) is 14.9 Å². The Labute approximate surface area is 102 Å². The average Bonchev–Trinajstić information content (AvgIpc) is 2.38. The van der Waals surface area contributed by atoms with Crippen molar-refractivity contribution in [3.05, 3.63) is 12.3 Å². The molecule has 0 spiro atoms. The van der Waals surface area contributed by atoms with Gasteiger partial charge in [0.05, 0.1) is 0 Å². The molecular formula is C13H20N4. The largest absolute Gasteiger partial charge is 0.368 e. The molecule has 4 nitrogen and oxygen atoms in total. The van der Waals surface area contributed by atoms with Crippen LogP contribution in [0.5, 0.6) is 0 Å². The van der Waals surface area contributed by atoms with Crippen molar-refractivity contribution in [2.45, 2.75) is 44.6 Å². The van der Waals surface area contributed by atoms with E-state index in [0.717, 1.165) is 18.3 Å². The van der Waals surface area contributed by atoms with Crippen LogP contribution in [-0.4, -0.2) is 22.6 Å². The Balaban J connectivity index is 1.85. The van der Waals surface area contributed by atoms with Gasteiger partial charge < -0.3 is 10.6 Å². The zero-order valence-electron chi connectivity index (χ0n) is 10.2. The standard InChI is InChI=1S/C13H20N4/c14-13-15-8-7-12(16-13)17-9-3-5-10-4-1-2-6-11(10)17/h7-8,10-11H,1-6,9H2,(H2,14,15,16)/t10-,11-/m1/s1. The van der Waals surface area contributed by atoms with Crippen molar-refractivity contribution in [1.29, 1.82) is 0 Å². The molecule has 1 aliphatic heterocycles. The third kappa shape index (κ3) is 2.08. The lowest BCUT2D eigenvalue weighted by molar-refractivity contribution is 0.243. The van der Waals surface area contributed by atoms with Gasteiger partial charge in [-0.3, -0.25) is 0 Å². The van der Waals surface area contributed by atoms with Gasteiger partial charge in [0.25, 0.3) is 0 Å². The molecule has 2 atom stereocenters. The summed E-state index contributed by atoms with van der Waals surface area (Å²) in [5.41, 5.74) is 5.68. The Morgan fingerprint density at radius 1 is 1.18 bits per heavy atom. The molecule has 0 amide bonds. The summed E-state index contributed by atoms with van der Waals surface area (Å²) in [7, 11) is 0. The van der Waals surface area contributed by atoms with Crippen LogP contribution in [0.25, 0.3) is 0 Å². The lowest BCUT2D eigenvalue weighted by Gasteiger charge is -2.44. The first-order valence-corrected chi connectivity index (χ1v) is 6.70. The summed E-state index contributed by atoms with van der Waals surface area (Å²) in [6.45, 7) is 1.12. The second-order valence-corrected chi connectivity index (χ2v) is 5.22. The van der Waals surface area contributed by atoms with Gasteiger partial charge in [0, 0.05) is 18.8 Å². The van der Waals surface area contributed by atoms with Gasteiger partial charge in [0.2, 0.25) is 5.95 Å². The Morgan fingerprint density at radius 3 is 2.88 bits per heavy atom. The maximum absolute atomic E-state index is 5.68. The predicted octanol–water partition coefficient (Wildman–Crippen LogP) is 2.22. The Hall–Kier alpha value is -1.32. The van der Waals surface area contributed by atoms with E-state index >= 15 is 0 Å². The smallest absolute Gasteiger partial charge is 0.221 e. The monoisotopic (exact) mass is 232 g/mol. The molecule has 3 rings (SSSR count). The highest BCUT2D eigenvalue weighted by molar-refractivity contribution is 5.43. The van der Waals surface area contributed by atoms with Gasteiger partial charge in [-0.1, -0.05) is 12.8 Å². The molecule has 1 saturated heterocycles. The summed E-state index contributed by atoms with van der Waals surface area (Å²) in [5, 5.41) is 0. The second kappa shape index (κ2) is 4.51. The van der Waals surface area contributed by atoms with Gasteiger partial charge in [0.15, 0.2) is 0 Å². The molecule has 2 fully saturated rings. The molecular weight excluding hydrogens is 212 g/mol. The van der Waals surface area contributed by atoms with Crippen LogP contribution in [0.15, 0.2) is 12.3 Å². The molecule has 2 N–H and O–H groups in total. The van der Waals surface area contributed by atoms with Crippen LogP contribution in [0, 0.1) is 5.92 Å². The maximum Gasteiger partial charge on any atom is 0.221 e. The number of hydrogen-bond donors (Lipinski definition) is 1. The molecule has 2 aliphatic rings. The van der Waals surface area contributed by atoms with Gasteiger partial charge in [0.1, 0.15) is 5.82 Å². The number of nitrogens with zero attached hydrogens (tertiary/aromatic N) is 3. The van der Waals surface area contributed by atoms with Crippen LogP contribution in [-0.2, 0) is 0 Å². The minimum absolute atomic E-state index is 0.389. The van der Waals surface area contributed by atoms with Crippen LogP contribution < -0.4 is 10.6 Å². The van der Waals surface area contributed by atoms with Crippen molar-refractivity contribution in [3.63, 3.8) is 0 Å². The molecule has 1 saturated carbocycles. The highest BCUT2D eigenvalue weighted by Crippen LogP contribution is 2.37. The summed E-state index contributed by atoms with van der Waals surface area (Å²) in [5.74, 6) is 2.28. The molecule has 92 valence electrons. The molecule has 1 aromatic heterocycles. The van der Waals surface area contributed by atoms with Gasteiger partial charge in [-0.05, 0) is 37.7 Å². The van der Waals surface area contributed by atoms with Crippen LogP contribution in [0.2, 0.25) is 0 Å². The average molecular weight is 232 g/mol. The van der Waals surface area contributed by atoms with E-state index in [1.165, 1.54) is 38.5 Å². The van der Waals surface area contributed by atoms with Gasteiger partial charge in [-0.2, -0.15) is 4.98 Å². The first-order valence-electron chi connectivity index (χ1n) is 6.70. The first kappa shape index (κ1) is 10.8. The van der Waals surface area contributed by atoms with Crippen molar-refractivity contribution >= 4 is 11.8 Å². The van der Waals surface area contributed by atoms with E-state index in [-0.39, 0.29) is 0 Å². The van der Waals surface area contributed by atoms with E-state index in [4.69, 9.17) is 5.73 Å². The Kier molecular flexibility index (Phi) is 2.87. The van der Waals surface area contributed by atoms with E-state index in [1.54, 1.807) is 6.20 Å². The lowest BCUT2D eigenvalue weighted by atomic mass is 9.78. The number of aromatic nitrogens is 2. The number of nitrogen functional groups attached to an aromatic ring is 1. The van der Waals surface area contributed by atoms with Crippen molar-refractivity contribution < 1.29 is 0 Å². The SMILES string of the molecule is Nc1nccc(N2CCC[C@H]3CCCC[C@H]32)n1. The molecule has 1 aliphatic carbocycles. The summed E-state index contributed by atoms with van der Waals surface area (Å²) < 4.78 is 0. The number of hydrogen-bond acceptors (Lipinski definition) is 4. The zero-order chi connectivity index (χ0) is 11.7. The molecule has 4 heteroatoms. The summed E-state index contributed by atoms with van der Waals surface area (Å²) in [6, 6.07) is 2.68. The van der Waals surface area contributed by atoms with Gasteiger partial charge in [-0.25, -0.2) is 4.98 Å². The van der Waals surface area contributed by atoms with Gasteiger partial charge in [-0.15, -0.1) is 0 Å². The van der Waals surface area contributed by atoms with Crippen molar-refractivity contribution in [1.82, 2.24) is 9.97 Å². The third-order valence-corrected chi connectivity index (χ3v) is 4.20. The number of fused-ring (bicyclic) bond motifs is 1. The highest BCUT2D eigenvalue weighted by atomic mass is 15.2. The fourth-order valence-electron chi connectivity index (χ4n) is 3.43. The molecule has 0 unspecified atom stereocenters. The molecule has 2 heterocycles. The quantitative estimate of drug-likeness (QED) is 0.806. The van der Waals surface area contributed by atoms with Crippen molar-refractivity contribution in [2.24, 2.45) is 5.92 Å². The zero-order valence-corrected chi connectivity index (χ0v) is 10.2. The third-order valence-electron chi connectivity index (χ3n) is 4.20. The number of piperidine rings is 1. The van der Waals surface area contributed by atoms with Crippen molar-refractivity contribution in [3.8, 4) is 0 Å². The van der Waals surface area contributed by atoms with Crippen LogP contribution in [0.4, 0.5) is 11.8 Å². The van der Waals surface area contributed by atoms with Crippen LogP contribution >= 0.6 is 0 Å². The lowest BCUT2D eigenvalue weighted by Crippen LogP contribution is -2.47. The van der Waals surface area contributed by atoms with E-state index in [1.807, 2.05) is 6.07 Å². The molecule has 0 bridgehead atoms. The highest BCUT2D eigenvalue weighted by Gasteiger charge is 2.33. The fraction of sp³-hybridized carbons (Fsp3) is 0.692. The second-order valence-electron chi connectivity index (χ2n) is 5.22. The van der Waals surface area contributed by atoms with E-state index in [0.29, 0.717) is 12.0 Å². The molecule has 17 heavy (non-hydrogen) atoms. The number of nitrogens with two attached hydrogens (primary N) is 1. The summed E-state index contributed by atoms with van der Waals surface area (Å²) in [4.78, 5) is 10.8. The molecule has 1 aromatic rings. The molecule has 0 radical (unpaired) electrons. The number of rotatable bonds is 1. The predicted molar refractivity (Wildman–Crippen MR) is 68.8 cm³/mol. The van der Waals surface area contributed by atoms with E-state index in [9.17, 15) is 0 Å². The topological polar surface area (TPSA) is 55.0 Å². The maximum atomic E-state index is 5.68. The van der Waals surface area contributed by atoms with Crippen LogP contribution in [0.3, 0.4) is 0 Å². The van der Waals surface area contributed by atoms with Gasteiger partial charge >= 0.3 is 0 Å². The minimum Gasteiger partial charge on any atom is -0.368 e. The molecule has 0 aromatic carbocycles. The summed E-state index contributed by atoms with van der Waals surface area (Å²) in [6.07, 6.45) is 9.91. The minimum atomic E-state index is 0.389. The van der Waals surface area contributed by atoms with E-state index < -0.39 is 0 Å². The van der Waals surface area contributed by atoms with Crippen LogP contribution in [0.1, 0.15) is 38.5 Å². The normalized spacial score (nSPS) is 28.8. The summed E-state index contributed by atoms with van der Waals surface area (Å²) >= 11 is 0. The Morgan fingerprint density at radius 2 is 2.00 bits per heavy atom. The first-order chi connectivity index (χ1) is 8.34. The van der Waals surface area contributed by atoms with Crippen molar-refractivity contribution in [2.75, 3.05) is 17.2 Å².